The third kappa shape index (κ3) is 4.58. The van der Waals surface area contributed by atoms with Gasteiger partial charge in [-0.2, -0.15) is 13.2 Å². The minimum atomic E-state index is -4.44. The molecule has 0 fully saturated rings. The molecule has 0 saturated carbocycles. The molecular weight excluding hydrogens is 277 g/mol. The predicted octanol–water partition coefficient (Wildman–Crippen LogP) is 3.21. The second-order valence-corrected chi connectivity index (χ2v) is 7.19. The molecule has 0 spiro atoms. The van der Waals surface area contributed by atoms with E-state index >= 15 is 0 Å². The van der Waals surface area contributed by atoms with Gasteiger partial charge in [0.1, 0.15) is 5.69 Å². The molecule has 0 aliphatic heterocycles. The molecule has 108 valence electrons. The molecule has 3 nitrogen and oxygen atoms in total. The zero-order chi connectivity index (χ0) is 14.8. The number of hydrogen-bond acceptors (Lipinski definition) is 2. The van der Waals surface area contributed by atoms with Gasteiger partial charge in [-0.25, -0.2) is 8.93 Å². The lowest BCUT2D eigenvalue weighted by molar-refractivity contribution is -0.141. The van der Waals surface area contributed by atoms with Gasteiger partial charge in [0.05, 0.1) is 15.7 Å². The second-order valence-electron chi connectivity index (χ2n) is 5.20. The van der Waals surface area contributed by atoms with E-state index in [1.54, 1.807) is 6.92 Å². The van der Waals surface area contributed by atoms with E-state index in [0.717, 1.165) is 12.3 Å². The summed E-state index contributed by atoms with van der Waals surface area (Å²) in [7, 11) is -1.29. The van der Waals surface area contributed by atoms with Crippen LogP contribution >= 0.6 is 0 Å². The molecule has 19 heavy (non-hydrogen) atoms. The van der Waals surface area contributed by atoms with Crippen molar-refractivity contribution < 1.29 is 17.4 Å². The van der Waals surface area contributed by atoms with E-state index in [1.165, 1.54) is 6.07 Å². The molecule has 1 heterocycles. The highest BCUT2D eigenvalue weighted by Gasteiger charge is 2.32. The van der Waals surface area contributed by atoms with Crippen LogP contribution in [0.1, 0.15) is 45.0 Å². The van der Waals surface area contributed by atoms with Crippen molar-refractivity contribution in [2.24, 2.45) is 0 Å². The number of nitrogens with one attached hydrogen (secondary N) is 1. The smallest absolute Gasteiger partial charge is 0.251 e. The molecule has 1 rings (SSSR count). The largest absolute Gasteiger partial charge is 0.433 e. The first-order valence-corrected chi connectivity index (χ1v) is 6.88. The first kappa shape index (κ1) is 16.1. The van der Waals surface area contributed by atoms with Crippen molar-refractivity contribution in [2.45, 2.75) is 44.7 Å². The van der Waals surface area contributed by atoms with Crippen molar-refractivity contribution in [1.29, 1.82) is 0 Å². The average Bonchev–Trinajstić information content (AvgIpc) is 2.26. The summed E-state index contributed by atoms with van der Waals surface area (Å²) in [4.78, 5) is 3.38. The number of hydrogen-bond donors (Lipinski definition) is 1. The average molecular weight is 294 g/mol. The quantitative estimate of drug-likeness (QED) is 0.930. The van der Waals surface area contributed by atoms with Crippen molar-refractivity contribution in [3.05, 3.63) is 29.6 Å². The number of nitrogens with zero attached hydrogens (tertiary/aromatic N) is 1. The Bertz CT molecular complexity index is 452. The van der Waals surface area contributed by atoms with E-state index in [1.807, 2.05) is 20.8 Å². The summed E-state index contributed by atoms with van der Waals surface area (Å²) >= 11 is 0. The first-order valence-electron chi connectivity index (χ1n) is 5.73. The number of aromatic nitrogens is 1. The zero-order valence-corrected chi connectivity index (χ0v) is 12.0. The lowest BCUT2D eigenvalue weighted by Gasteiger charge is -2.22. The molecule has 0 amide bonds. The molecule has 1 N–H and O–H groups in total. The van der Waals surface area contributed by atoms with Crippen LogP contribution in [0.15, 0.2) is 18.3 Å². The van der Waals surface area contributed by atoms with Crippen LogP contribution < -0.4 is 4.72 Å². The van der Waals surface area contributed by atoms with Crippen LogP contribution in [0.5, 0.6) is 0 Å². The summed E-state index contributed by atoms with van der Waals surface area (Å²) in [5.74, 6) is 0. The van der Waals surface area contributed by atoms with Crippen molar-refractivity contribution in [2.75, 3.05) is 0 Å². The van der Waals surface area contributed by atoms with E-state index in [0.29, 0.717) is 5.56 Å². The van der Waals surface area contributed by atoms with Gasteiger partial charge in [-0.15, -0.1) is 0 Å². The fourth-order valence-electron chi connectivity index (χ4n) is 1.23. The number of alkyl halides is 3. The van der Waals surface area contributed by atoms with Gasteiger partial charge >= 0.3 is 6.18 Å². The van der Waals surface area contributed by atoms with Gasteiger partial charge in [-0.1, -0.05) is 6.07 Å². The Labute approximate surface area is 113 Å². The summed E-state index contributed by atoms with van der Waals surface area (Å²) < 4.78 is 51.4. The monoisotopic (exact) mass is 294 g/mol. The maximum atomic E-state index is 12.4. The molecule has 0 aliphatic carbocycles. The van der Waals surface area contributed by atoms with E-state index in [9.17, 15) is 17.4 Å². The number of halogens is 3. The molecule has 0 radical (unpaired) electrons. The highest BCUT2D eigenvalue weighted by molar-refractivity contribution is 7.84. The van der Waals surface area contributed by atoms with Gasteiger partial charge in [-0.05, 0) is 39.3 Å². The summed E-state index contributed by atoms with van der Waals surface area (Å²) in [5, 5.41) is 0. The van der Waals surface area contributed by atoms with Gasteiger partial charge < -0.3 is 0 Å². The number of rotatable bonds is 3. The number of pyridine rings is 1. The summed E-state index contributed by atoms with van der Waals surface area (Å²) in [5.41, 5.74) is -0.369. The minimum absolute atomic E-state index is 0.338. The highest BCUT2D eigenvalue weighted by Crippen LogP contribution is 2.28. The maximum absolute atomic E-state index is 12.4. The molecule has 1 aromatic rings. The van der Waals surface area contributed by atoms with Crippen molar-refractivity contribution >= 4 is 11.0 Å². The third-order valence-corrected chi connectivity index (χ3v) is 4.10. The van der Waals surface area contributed by atoms with Crippen molar-refractivity contribution in [3.63, 3.8) is 0 Å². The Morgan fingerprint density at radius 1 is 1.26 bits per heavy atom. The second kappa shape index (κ2) is 5.58. The van der Waals surface area contributed by atoms with Gasteiger partial charge in [-0.3, -0.25) is 4.98 Å². The van der Waals surface area contributed by atoms with Crippen LogP contribution in [-0.2, 0) is 17.2 Å². The molecule has 1 aromatic heterocycles. The summed E-state index contributed by atoms with van der Waals surface area (Å²) in [6.07, 6.45) is -3.29. The molecule has 0 saturated heterocycles. The Kier molecular flexibility index (Phi) is 4.73. The van der Waals surface area contributed by atoms with Crippen LogP contribution in [0, 0.1) is 0 Å². The zero-order valence-electron chi connectivity index (χ0n) is 11.2. The fraction of sp³-hybridized carbons (Fsp3) is 0.583. The molecule has 0 aliphatic rings. The maximum Gasteiger partial charge on any atom is 0.433 e. The Hall–Kier alpha value is -0.950. The van der Waals surface area contributed by atoms with Gasteiger partial charge in [0.25, 0.3) is 0 Å². The third-order valence-electron chi connectivity index (χ3n) is 2.42. The lowest BCUT2D eigenvalue weighted by Crippen LogP contribution is -2.34. The highest BCUT2D eigenvalue weighted by atomic mass is 32.2. The SMILES string of the molecule is C[C@@H](N[S@@](=O)C(C)(C)C)c1ccc(C(F)(F)F)nc1. The van der Waals surface area contributed by atoms with Crippen LogP contribution in [0.2, 0.25) is 0 Å². The standard InChI is InChI=1S/C12H17F3N2OS/c1-8(17-19(18)11(2,3)4)9-5-6-10(16-7-9)12(13,14)15/h5-8,17H,1-4H3/t8-,19+/m1/s1. The van der Waals surface area contributed by atoms with E-state index in [-0.39, 0.29) is 6.04 Å². The molecule has 0 unspecified atom stereocenters. The molecular formula is C12H17F3N2OS. The van der Waals surface area contributed by atoms with E-state index in [4.69, 9.17) is 0 Å². The Morgan fingerprint density at radius 3 is 2.21 bits per heavy atom. The van der Waals surface area contributed by atoms with E-state index in [2.05, 4.69) is 9.71 Å². The first-order chi connectivity index (χ1) is 8.51. The van der Waals surface area contributed by atoms with Crippen LogP contribution in [0.3, 0.4) is 0 Å². The van der Waals surface area contributed by atoms with Gasteiger partial charge in [0.2, 0.25) is 0 Å². The minimum Gasteiger partial charge on any atom is -0.251 e. The summed E-state index contributed by atoms with van der Waals surface area (Å²) in [6.45, 7) is 7.17. The molecule has 2 atom stereocenters. The van der Waals surface area contributed by atoms with E-state index < -0.39 is 27.6 Å². The Morgan fingerprint density at radius 2 is 1.84 bits per heavy atom. The topological polar surface area (TPSA) is 42.0 Å². The molecule has 7 heteroatoms. The van der Waals surface area contributed by atoms with Gasteiger partial charge in [0, 0.05) is 12.2 Å². The van der Waals surface area contributed by atoms with Gasteiger partial charge in [0.15, 0.2) is 0 Å². The fourth-order valence-corrected chi connectivity index (χ4v) is 2.05. The van der Waals surface area contributed by atoms with Crippen LogP contribution in [0.4, 0.5) is 13.2 Å². The van der Waals surface area contributed by atoms with Crippen LogP contribution in [-0.4, -0.2) is 13.9 Å². The normalized spacial score (nSPS) is 16.2. The van der Waals surface area contributed by atoms with Crippen LogP contribution in [0.25, 0.3) is 0 Å². The van der Waals surface area contributed by atoms with Crippen molar-refractivity contribution in [3.8, 4) is 0 Å². The molecule has 0 bridgehead atoms. The van der Waals surface area contributed by atoms with Crippen molar-refractivity contribution in [1.82, 2.24) is 9.71 Å². The predicted molar refractivity (Wildman–Crippen MR) is 68.7 cm³/mol. The lowest BCUT2D eigenvalue weighted by atomic mass is 10.1. The Balaban J connectivity index is 2.79. The molecule has 0 aromatic carbocycles. The summed E-state index contributed by atoms with van der Waals surface area (Å²) in [6, 6.07) is 1.93.